The summed E-state index contributed by atoms with van der Waals surface area (Å²) in [5.74, 6) is 0.147. The minimum Gasteiger partial charge on any atom is -0.294 e. The predicted molar refractivity (Wildman–Crippen MR) is 97.7 cm³/mol. The molecule has 0 aliphatic rings. The monoisotopic (exact) mass is 318 g/mol. The largest absolute Gasteiger partial charge is 0.294 e. The van der Waals surface area contributed by atoms with Gasteiger partial charge in [-0.05, 0) is 19.4 Å². The SMILES string of the molecule is CCCCCCCCCCCCCC[n+]1cccc(C(C)=O)c1. The standard InChI is InChI=1S/C21H36NO/c1-3-4-5-6-7-8-9-10-11-12-13-14-17-22-18-15-16-21(19-22)20(2)23/h15-16,18-19H,3-14,17H2,1-2H3/q+1. The van der Waals surface area contributed by atoms with Gasteiger partial charge in [-0.2, -0.15) is 0 Å². The molecule has 23 heavy (non-hydrogen) atoms. The second-order valence-electron chi connectivity index (χ2n) is 6.78. The summed E-state index contributed by atoms with van der Waals surface area (Å²) in [4.78, 5) is 11.4. The Labute approximate surface area is 143 Å². The van der Waals surface area contributed by atoms with Crippen molar-refractivity contribution < 1.29 is 9.36 Å². The maximum atomic E-state index is 11.4. The second-order valence-corrected chi connectivity index (χ2v) is 6.78. The first kappa shape index (κ1) is 19.9. The van der Waals surface area contributed by atoms with Crippen molar-refractivity contribution in [2.45, 2.75) is 97.4 Å². The lowest BCUT2D eigenvalue weighted by atomic mass is 10.1. The molecular weight excluding hydrogens is 282 g/mol. The fourth-order valence-electron chi connectivity index (χ4n) is 3.00. The van der Waals surface area contributed by atoms with Gasteiger partial charge < -0.3 is 0 Å². The minimum atomic E-state index is 0.147. The van der Waals surface area contributed by atoms with E-state index < -0.39 is 0 Å². The Morgan fingerprint density at radius 2 is 1.39 bits per heavy atom. The highest BCUT2D eigenvalue weighted by molar-refractivity contribution is 5.93. The number of aryl methyl sites for hydroxylation is 1. The summed E-state index contributed by atoms with van der Waals surface area (Å²) >= 11 is 0. The van der Waals surface area contributed by atoms with Crippen LogP contribution in [0.2, 0.25) is 0 Å². The highest BCUT2D eigenvalue weighted by atomic mass is 16.1. The molecule has 130 valence electrons. The van der Waals surface area contributed by atoms with E-state index in [-0.39, 0.29) is 5.78 Å². The first-order chi connectivity index (χ1) is 11.2. The molecule has 1 rings (SSSR count). The smallest absolute Gasteiger partial charge is 0.179 e. The lowest BCUT2D eigenvalue weighted by Crippen LogP contribution is -2.33. The maximum absolute atomic E-state index is 11.4. The van der Waals surface area contributed by atoms with E-state index in [0.29, 0.717) is 0 Å². The van der Waals surface area contributed by atoms with Crippen LogP contribution >= 0.6 is 0 Å². The normalized spacial score (nSPS) is 10.9. The molecule has 0 bridgehead atoms. The Hall–Kier alpha value is -1.18. The molecule has 0 radical (unpaired) electrons. The van der Waals surface area contributed by atoms with Gasteiger partial charge >= 0.3 is 0 Å². The second kappa shape index (κ2) is 13.3. The van der Waals surface area contributed by atoms with Crippen molar-refractivity contribution in [3.8, 4) is 0 Å². The number of hydrogen-bond donors (Lipinski definition) is 0. The molecule has 0 fully saturated rings. The average molecular weight is 319 g/mol. The summed E-state index contributed by atoms with van der Waals surface area (Å²) < 4.78 is 2.15. The van der Waals surface area contributed by atoms with Crippen LogP contribution in [0.1, 0.15) is 101 Å². The van der Waals surface area contributed by atoms with E-state index in [1.165, 1.54) is 77.0 Å². The molecular formula is C21H36NO+. The number of rotatable bonds is 14. The summed E-state index contributed by atoms with van der Waals surface area (Å²) in [5.41, 5.74) is 0.812. The van der Waals surface area contributed by atoms with Gasteiger partial charge in [-0.15, -0.1) is 0 Å². The van der Waals surface area contributed by atoms with Crippen molar-refractivity contribution in [2.24, 2.45) is 0 Å². The zero-order valence-corrected chi connectivity index (χ0v) is 15.4. The van der Waals surface area contributed by atoms with Crippen LogP contribution in [0, 0.1) is 0 Å². The molecule has 0 aliphatic carbocycles. The molecule has 2 heteroatoms. The first-order valence-corrected chi connectivity index (χ1v) is 9.74. The van der Waals surface area contributed by atoms with Crippen molar-refractivity contribution in [1.82, 2.24) is 0 Å². The average Bonchev–Trinajstić information content (AvgIpc) is 2.56. The highest BCUT2D eigenvalue weighted by Crippen LogP contribution is 2.11. The molecule has 0 spiro atoms. The third kappa shape index (κ3) is 10.3. The topological polar surface area (TPSA) is 20.9 Å². The molecule has 1 heterocycles. The minimum absolute atomic E-state index is 0.147. The number of ketones is 1. The number of pyridine rings is 1. The van der Waals surface area contributed by atoms with Crippen molar-refractivity contribution in [1.29, 1.82) is 0 Å². The van der Waals surface area contributed by atoms with Gasteiger partial charge in [0.15, 0.2) is 18.2 Å². The number of carbonyl (C=O) groups excluding carboxylic acids is 1. The maximum Gasteiger partial charge on any atom is 0.179 e. The van der Waals surface area contributed by atoms with E-state index in [2.05, 4.69) is 17.7 Å². The summed E-state index contributed by atoms with van der Waals surface area (Å²) in [6, 6.07) is 3.86. The fraction of sp³-hybridized carbons (Fsp3) is 0.714. The van der Waals surface area contributed by atoms with Crippen molar-refractivity contribution >= 4 is 5.78 Å². The Morgan fingerprint density at radius 1 is 0.870 bits per heavy atom. The summed E-state index contributed by atoms with van der Waals surface area (Å²) in [6.07, 6.45) is 20.6. The highest BCUT2D eigenvalue weighted by Gasteiger charge is 2.05. The van der Waals surface area contributed by atoms with E-state index in [1.807, 2.05) is 18.3 Å². The third-order valence-corrected chi connectivity index (χ3v) is 4.53. The van der Waals surface area contributed by atoms with Crippen LogP contribution < -0.4 is 4.57 Å². The van der Waals surface area contributed by atoms with E-state index in [9.17, 15) is 4.79 Å². The van der Waals surface area contributed by atoms with Gasteiger partial charge in [0.05, 0.1) is 5.56 Å². The fourth-order valence-corrected chi connectivity index (χ4v) is 3.00. The number of Topliss-reactive ketones (excluding diaryl/α,β-unsaturated/α-hetero) is 1. The number of carbonyl (C=O) groups is 1. The molecule has 0 saturated carbocycles. The van der Waals surface area contributed by atoms with E-state index in [1.54, 1.807) is 6.92 Å². The summed E-state index contributed by atoms with van der Waals surface area (Å²) in [7, 11) is 0. The molecule has 0 amide bonds. The number of hydrogen-bond acceptors (Lipinski definition) is 1. The van der Waals surface area contributed by atoms with Gasteiger partial charge in [-0.3, -0.25) is 4.79 Å². The molecule has 2 nitrogen and oxygen atoms in total. The van der Waals surface area contributed by atoms with Crippen LogP contribution in [-0.4, -0.2) is 5.78 Å². The van der Waals surface area contributed by atoms with Crippen LogP contribution in [0.25, 0.3) is 0 Å². The quantitative estimate of drug-likeness (QED) is 0.238. The van der Waals surface area contributed by atoms with Crippen LogP contribution in [-0.2, 0) is 6.54 Å². The Balaban J connectivity index is 1.93. The van der Waals surface area contributed by atoms with E-state index >= 15 is 0 Å². The van der Waals surface area contributed by atoms with Gasteiger partial charge in [-0.25, -0.2) is 4.57 Å². The number of nitrogens with zero attached hydrogens (tertiary/aromatic N) is 1. The van der Waals surface area contributed by atoms with Gasteiger partial charge in [0.25, 0.3) is 0 Å². The van der Waals surface area contributed by atoms with Crippen LogP contribution in [0.5, 0.6) is 0 Å². The zero-order chi connectivity index (χ0) is 16.8. The molecule has 0 atom stereocenters. The molecule has 0 aromatic carbocycles. The van der Waals surface area contributed by atoms with Crippen molar-refractivity contribution in [2.75, 3.05) is 0 Å². The van der Waals surface area contributed by atoms with Gasteiger partial charge in [0, 0.05) is 12.5 Å². The van der Waals surface area contributed by atoms with Crippen LogP contribution in [0.15, 0.2) is 24.5 Å². The van der Waals surface area contributed by atoms with Crippen molar-refractivity contribution in [3.05, 3.63) is 30.1 Å². The Kier molecular flexibility index (Phi) is 11.5. The van der Waals surface area contributed by atoms with Gasteiger partial charge in [-0.1, -0.05) is 71.1 Å². The molecule has 1 aromatic heterocycles. The molecule has 0 saturated heterocycles. The lowest BCUT2D eigenvalue weighted by molar-refractivity contribution is -0.697. The molecule has 0 N–H and O–H groups in total. The molecule has 1 aromatic rings. The first-order valence-electron chi connectivity index (χ1n) is 9.74. The molecule has 0 unspecified atom stereocenters. The van der Waals surface area contributed by atoms with Gasteiger partial charge in [0.2, 0.25) is 0 Å². The summed E-state index contributed by atoms with van der Waals surface area (Å²) in [6.45, 7) is 4.93. The van der Waals surface area contributed by atoms with Gasteiger partial charge in [0.1, 0.15) is 6.54 Å². The predicted octanol–water partition coefficient (Wildman–Crippen LogP) is 5.88. The van der Waals surface area contributed by atoms with E-state index in [0.717, 1.165) is 12.1 Å². The number of aromatic nitrogens is 1. The lowest BCUT2D eigenvalue weighted by Gasteiger charge is -2.02. The third-order valence-electron chi connectivity index (χ3n) is 4.53. The van der Waals surface area contributed by atoms with Crippen molar-refractivity contribution in [3.63, 3.8) is 0 Å². The Morgan fingerprint density at radius 3 is 1.91 bits per heavy atom. The number of unbranched alkanes of at least 4 members (excludes halogenated alkanes) is 11. The van der Waals surface area contributed by atoms with Crippen LogP contribution in [0.4, 0.5) is 0 Å². The molecule has 0 aliphatic heterocycles. The van der Waals surface area contributed by atoms with Crippen LogP contribution in [0.3, 0.4) is 0 Å². The Bertz CT molecular complexity index is 428. The summed E-state index contributed by atoms with van der Waals surface area (Å²) in [5, 5.41) is 0. The zero-order valence-electron chi connectivity index (χ0n) is 15.4. The van der Waals surface area contributed by atoms with E-state index in [4.69, 9.17) is 0 Å².